The molecule has 4 heteroatoms. The van der Waals surface area contributed by atoms with E-state index in [4.69, 9.17) is 0 Å². The SMILES string of the molecule is C[C@]12CC[C@@H]3c4ccc(C(=O)CCCC5CCC[C@@H]5O)cc4CC[C@H]3C1CC=C2c1cncc(F)c1. The van der Waals surface area contributed by atoms with Crippen LogP contribution in [0.4, 0.5) is 4.39 Å². The van der Waals surface area contributed by atoms with Gasteiger partial charge in [-0.3, -0.25) is 9.78 Å². The van der Waals surface area contributed by atoms with Gasteiger partial charge in [0.1, 0.15) is 5.82 Å². The van der Waals surface area contributed by atoms with Crippen molar-refractivity contribution in [2.75, 3.05) is 0 Å². The van der Waals surface area contributed by atoms with Crippen molar-refractivity contribution in [3.05, 3.63) is 70.8 Å². The molecule has 1 N–H and O–H groups in total. The Bertz CT molecular complexity index is 1190. The number of aryl methyl sites for hydroxylation is 1. The van der Waals surface area contributed by atoms with Gasteiger partial charge in [0, 0.05) is 18.2 Å². The standard InChI is InChI=1S/C32H38FNO2/c1-32-15-14-26-25-10-9-22(31(36)7-3-5-20-4-2-6-30(20)35)16-21(25)8-11-27(26)29(32)13-12-28(32)23-17-24(33)19-34-18-23/h9-10,12,16-20,26-27,29-30,35H,2-8,11,13-15H2,1H3/t20?,26-,27-,29?,30+,32-/m1/s1. The third-order valence-electron chi connectivity index (χ3n) is 10.2. The minimum atomic E-state index is -0.262. The maximum atomic E-state index is 13.9. The summed E-state index contributed by atoms with van der Waals surface area (Å²) >= 11 is 0. The summed E-state index contributed by atoms with van der Waals surface area (Å²) in [6, 6.07) is 8.15. The van der Waals surface area contributed by atoms with E-state index >= 15 is 0 Å². The van der Waals surface area contributed by atoms with Gasteiger partial charge in [-0.25, -0.2) is 4.39 Å². The van der Waals surface area contributed by atoms with Gasteiger partial charge in [-0.05, 0) is 121 Å². The monoisotopic (exact) mass is 487 g/mol. The summed E-state index contributed by atoms with van der Waals surface area (Å²) in [5, 5.41) is 10.0. The van der Waals surface area contributed by atoms with Crippen LogP contribution in [0, 0.1) is 29.0 Å². The van der Waals surface area contributed by atoms with Gasteiger partial charge in [0.2, 0.25) is 0 Å². The predicted molar refractivity (Wildman–Crippen MR) is 140 cm³/mol. The summed E-state index contributed by atoms with van der Waals surface area (Å²) in [6.45, 7) is 2.39. The molecule has 0 amide bonds. The summed E-state index contributed by atoms with van der Waals surface area (Å²) in [7, 11) is 0. The molecule has 1 heterocycles. The fraction of sp³-hybridized carbons (Fsp3) is 0.562. The molecule has 0 saturated heterocycles. The number of fused-ring (bicyclic) bond motifs is 5. The highest BCUT2D eigenvalue weighted by Crippen LogP contribution is 2.63. The lowest BCUT2D eigenvalue weighted by molar-refractivity contribution is 0.0884. The largest absolute Gasteiger partial charge is 0.393 e. The van der Waals surface area contributed by atoms with Gasteiger partial charge < -0.3 is 5.11 Å². The number of halogens is 1. The third-order valence-corrected chi connectivity index (χ3v) is 10.2. The fourth-order valence-corrected chi connectivity index (χ4v) is 8.35. The van der Waals surface area contributed by atoms with Crippen molar-refractivity contribution in [1.82, 2.24) is 4.98 Å². The number of hydrogen-bond acceptors (Lipinski definition) is 3. The highest BCUT2D eigenvalue weighted by molar-refractivity contribution is 5.96. The van der Waals surface area contributed by atoms with Crippen molar-refractivity contribution in [2.24, 2.45) is 23.2 Å². The second-order valence-corrected chi connectivity index (χ2v) is 12.1. The highest BCUT2D eigenvalue weighted by atomic mass is 19.1. The average Bonchev–Trinajstić information content (AvgIpc) is 3.45. The zero-order chi connectivity index (χ0) is 24.9. The molecular weight excluding hydrogens is 449 g/mol. The lowest BCUT2D eigenvalue weighted by Gasteiger charge is -2.50. The number of rotatable bonds is 6. The van der Waals surface area contributed by atoms with E-state index in [1.165, 1.54) is 22.9 Å². The highest BCUT2D eigenvalue weighted by Gasteiger charge is 2.52. The first-order valence-electron chi connectivity index (χ1n) is 14.1. The molecule has 2 saturated carbocycles. The molecule has 0 bridgehead atoms. The van der Waals surface area contributed by atoms with Crippen LogP contribution in [0.15, 0.2) is 42.7 Å². The number of carbonyl (C=O) groups excluding carboxylic acids is 1. The van der Waals surface area contributed by atoms with E-state index in [2.05, 4.69) is 36.2 Å². The predicted octanol–water partition coefficient (Wildman–Crippen LogP) is 7.28. The van der Waals surface area contributed by atoms with Crippen molar-refractivity contribution in [3.8, 4) is 0 Å². The first-order chi connectivity index (χ1) is 17.4. The summed E-state index contributed by atoms with van der Waals surface area (Å²) in [5.74, 6) is 2.14. The van der Waals surface area contributed by atoms with Gasteiger partial charge in [0.15, 0.2) is 5.78 Å². The molecule has 3 nitrogen and oxygen atoms in total. The van der Waals surface area contributed by atoms with Crippen molar-refractivity contribution in [1.29, 1.82) is 0 Å². The topological polar surface area (TPSA) is 50.2 Å². The van der Waals surface area contributed by atoms with Crippen LogP contribution in [0.2, 0.25) is 0 Å². The second kappa shape index (κ2) is 9.52. The number of carbonyl (C=O) groups is 1. The van der Waals surface area contributed by atoms with Crippen LogP contribution in [0.1, 0.15) is 104 Å². The first kappa shape index (κ1) is 24.0. The lowest BCUT2D eigenvalue weighted by Crippen LogP contribution is -2.41. The molecule has 2 unspecified atom stereocenters. The Morgan fingerprint density at radius 2 is 2.06 bits per heavy atom. The Hall–Kier alpha value is -2.33. The Balaban J connectivity index is 1.14. The van der Waals surface area contributed by atoms with Gasteiger partial charge in [-0.15, -0.1) is 0 Å². The van der Waals surface area contributed by atoms with Crippen LogP contribution < -0.4 is 0 Å². The molecular formula is C32H38FNO2. The molecule has 2 fully saturated rings. The van der Waals surface area contributed by atoms with E-state index < -0.39 is 0 Å². The lowest BCUT2D eigenvalue weighted by atomic mass is 9.54. The van der Waals surface area contributed by atoms with Gasteiger partial charge in [0.05, 0.1) is 12.3 Å². The summed E-state index contributed by atoms with van der Waals surface area (Å²) in [6.07, 6.45) is 16.4. The fourth-order valence-electron chi connectivity index (χ4n) is 8.35. The van der Waals surface area contributed by atoms with Crippen molar-refractivity contribution in [3.63, 3.8) is 0 Å². The average molecular weight is 488 g/mol. The van der Waals surface area contributed by atoms with E-state index in [1.54, 1.807) is 6.07 Å². The van der Waals surface area contributed by atoms with E-state index in [0.717, 1.165) is 75.3 Å². The van der Waals surface area contributed by atoms with Crippen molar-refractivity contribution in [2.45, 2.75) is 89.6 Å². The zero-order valence-corrected chi connectivity index (χ0v) is 21.4. The Morgan fingerprint density at radius 3 is 2.86 bits per heavy atom. The van der Waals surface area contributed by atoms with Crippen LogP contribution in [0.5, 0.6) is 0 Å². The second-order valence-electron chi connectivity index (χ2n) is 12.1. The van der Waals surface area contributed by atoms with Gasteiger partial charge >= 0.3 is 0 Å². The Kier molecular flexibility index (Phi) is 6.35. The Morgan fingerprint density at radius 1 is 1.17 bits per heavy atom. The van der Waals surface area contributed by atoms with E-state index in [9.17, 15) is 14.3 Å². The molecule has 6 rings (SSSR count). The number of ketones is 1. The van der Waals surface area contributed by atoms with E-state index in [-0.39, 0.29) is 23.1 Å². The molecule has 190 valence electrons. The molecule has 0 aliphatic heterocycles. The number of allylic oxidation sites excluding steroid dienone is 2. The number of aromatic nitrogens is 1. The van der Waals surface area contributed by atoms with Gasteiger partial charge in [-0.2, -0.15) is 0 Å². The third kappa shape index (κ3) is 4.16. The van der Waals surface area contributed by atoms with Crippen molar-refractivity contribution < 1.29 is 14.3 Å². The maximum absolute atomic E-state index is 13.9. The molecule has 4 aliphatic carbocycles. The minimum Gasteiger partial charge on any atom is -0.393 e. The molecule has 6 atom stereocenters. The van der Waals surface area contributed by atoms with Crippen molar-refractivity contribution >= 4 is 11.4 Å². The smallest absolute Gasteiger partial charge is 0.162 e. The number of hydrogen-bond donors (Lipinski definition) is 1. The molecule has 0 spiro atoms. The normalized spacial score (nSPS) is 33.0. The number of Topliss-reactive ketones (excluding diaryl/α,β-unsaturated/α-hetero) is 1. The first-order valence-corrected chi connectivity index (χ1v) is 14.1. The molecule has 2 aromatic rings. The summed E-state index contributed by atoms with van der Waals surface area (Å²) in [5.41, 5.74) is 6.01. The zero-order valence-electron chi connectivity index (χ0n) is 21.4. The van der Waals surface area contributed by atoms with E-state index in [1.807, 2.05) is 6.20 Å². The molecule has 1 aromatic carbocycles. The van der Waals surface area contributed by atoms with E-state index in [0.29, 0.717) is 30.1 Å². The van der Waals surface area contributed by atoms with Crippen LogP contribution in [-0.2, 0) is 6.42 Å². The van der Waals surface area contributed by atoms with Crippen LogP contribution in [0.3, 0.4) is 0 Å². The molecule has 1 aromatic heterocycles. The number of aliphatic hydroxyl groups excluding tert-OH is 1. The Labute approximate surface area is 214 Å². The number of aliphatic hydroxyl groups is 1. The summed E-state index contributed by atoms with van der Waals surface area (Å²) in [4.78, 5) is 17.1. The quantitative estimate of drug-likeness (QED) is 0.436. The number of pyridine rings is 1. The number of nitrogens with zero attached hydrogens (tertiary/aromatic N) is 1. The maximum Gasteiger partial charge on any atom is 0.162 e. The molecule has 0 radical (unpaired) electrons. The van der Waals surface area contributed by atoms with Crippen LogP contribution in [-0.4, -0.2) is 22.0 Å². The minimum absolute atomic E-state index is 0.0803. The van der Waals surface area contributed by atoms with Crippen LogP contribution in [0.25, 0.3) is 5.57 Å². The van der Waals surface area contributed by atoms with Gasteiger partial charge in [-0.1, -0.05) is 31.6 Å². The number of benzene rings is 1. The summed E-state index contributed by atoms with van der Waals surface area (Å²) < 4.78 is 13.9. The molecule has 36 heavy (non-hydrogen) atoms. The molecule has 4 aliphatic rings. The van der Waals surface area contributed by atoms with Gasteiger partial charge in [0.25, 0.3) is 0 Å². The van der Waals surface area contributed by atoms with Crippen LogP contribution >= 0.6 is 0 Å².